The van der Waals surface area contributed by atoms with E-state index in [1.165, 1.54) is 10.4 Å². The van der Waals surface area contributed by atoms with Gasteiger partial charge in [0.05, 0.1) is 6.54 Å². The third-order valence-corrected chi connectivity index (χ3v) is 6.00. The molecule has 2 aromatic heterocycles. The summed E-state index contributed by atoms with van der Waals surface area (Å²) in [5, 5.41) is 9.22. The number of alkyl halides is 3. The van der Waals surface area contributed by atoms with Crippen LogP contribution in [0.15, 0.2) is 21.8 Å². The van der Waals surface area contributed by atoms with E-state index in [0.29, 0.717) is 30.6 Å². The fraction of sp³-hybridized carbons (Fsp3) is 0.471. The first-order valence-electron chi connectivity index (χ1n) is 8.73. The highest BCUT2D eigenvalue weighted by atomic mass is 127. The first-order valence-corrected chi connectivity index (χ1v) is 10.5. The number of halogens is 4. The Morgan fingerprint density at radius 3 is 2.83 bits per heavy atom. The van der Waals surface area contributed by atoms with E-state index < -0.39 is 11.9 Å². The molecule has 0 aromatic carbocycles. The number of aromatic nitrogens is 1. The van der Waals surface area contributed by atoms with Crippen LogP contribution in [0.1, 0.15) is 28.1 Å². The number of carbonyl (C=O) groups is 1. The van der Waals surface area contributed by atoms with Crippen LogP contribution < -0.4 is 10.6 Å². The van der Waals surface area contributed by atoms with Crippen LogP contribution in [0.2, 0.25) is 0 Å². The SMILES string of the molecule is CCNC(=NCC(=O)N1CCc2sccc2C1)NCc1nc(C(F)(F)F)cs1.I. The zero-order chi connectivity index (χ0) is 20.1. The van der Waals surface area contributed by atoms with Crippen LogP contribution in [0.5, 0.6) is 0 Å². The molecule has 0 spiro atoms. The van der Waals surface area contributed by atoms with E-state index in [2.05, 4.69) is 20.6 Å². The minimum absolute atomic E-state index is 0. The van der Waals surface area contributed by atoms with E-state index in [0.717, 1.165) is 23.1 Å². The highest BCUT2D eigenvalue weighted by Gasteiger charge is 2.33. The van der Waals surface area contributed by atoms with Crippen LogP contribution >= 0.6 is 46.7 Å². The number of aliphatic imine (C=N–C) groups is 1. The van der Waals surface area contributed by atoms with Crippen molar-refractivity contribution in [2.45, 2.75) is 32.6 Å². The summed E-state index contributed by atoms with van der Waals surface area (Å²) in [7, 11) is 0. The number of thiophene rings is 1. The second-order valence-corrected chi connectivity index (χ2v) is 8.05. The predicted octanol–water partition coefficient (Wildman–Crippen LogP) is 3.48. The van der Waals surface area contributed by atoms with E-state index in [1.54, 1.807) is 16.2 Å². The molecular formula is C17H21F3IN5OS2. The molecule has 6 nitrogen and oxygen atoms in total. The normalized spacial score (nSPS) is 14.2. The second-order valence-electron chi connectivity index (χ2n) is 6.11. The molecular weight excluding hydrogens is 538 g/mol. The number of thiazole rings is 1. The summed E-state index contributed by atoms with van der Waals surface area (Å²) in [4.78, 5) is 23.4. The van der Waals surface area contributed by atoms with Crippen molar-refractivity contribution in [3.8, 4) is 0 Å². The molecule has 0 aliphatic carbocycles. The van der Waals surface area contributed by atoms with Crippen molar-refractivity contribution in [2.75, 3.05) is 19.6 Å². The standard InChI is InChI=1S/C17H20F3N5OS2.HI/c1-2-21-16(22-7-14-24-13(10-28-14)17(18,19)20)23-8-15(26)25-5-3-12-11(9-25)4-6-27-12;/h4,6,10H,2-3,5,7-9H2,1H3,(H2,21,22,23);1H. The Labute approximate surface area is 191 Å². The Kier molecular flexibility index (Phi) is 8.70. The third kappa shape index (κ3) is 6.54. The van der Waals surface area contributed by atoms with Gasteiger partial charge in [-0.15, -0.1) is 46.7 Å². The molecule has 1 aliphatic heterocycles. The maximum atomic E-state index is 12.6. The lowest BCUT2D eigenvalue weighted by molar-refractivity contribution is -0.140. The fourth-order valence-corrected chi connectivity index (χ4v) is 4.36. The second kappa shape index (κ2) is 10.6. The highest BCUT2D eigenvalue weighted by Crippen LogP contribution is 2.30. The number of fused-ring (bicyclic) bond motifs is 1. The molecule has 29 heavy (non-hydrogen) atoms. The largest absolute Gasteiger partial charge is 0.434 e. The molecule has 0 radical (unpaired) electrons. The molecule has 2 aromatic rings. The smallest absolute Gasteiger partial charge is 0.357 e. The van der Waals surface area contributed by atoms with E-state index in [4.69, 9.17) is 0 Å². The van der Waals surface area contributed by atoms with Crippen LogP contribution in [0, 0.1) is 0 Å². The summed E-state index contributed by atoms with van der Waals surface area (Å²) < 4.78 is 37.9. The van der Waals surface area contributed by atoms with Crippen LogP contribution in [-0.2, 0) is 30.5 Å². The van der Waals surface area contributed by atoms with E-state index in [9.17, 15) is 18.0 Å². The van der Waals surface area contributed by atoms with Crippen LogP contribution in [-0.4, -0.2) is 41.4 Å². The molecule has 0 bridgehead atoms. The monoisotopic (exact) mass is 559 g/mol. The molecule has 1 amide bonds. The van der Waals surface area contributed by atoms with Gasteiger partial charge in [-0.25, -0.2) is 9.98 Å². The first-order chi connectivity index (χ1) is 13.4. The molecule has 0 fully saturated rings. The fourth-order valence-electron chi connectivity index (χ4n) is 2.73. The summed E-state index contributed by atoms with van der Waals surface area (Å²) in [5.41, 5.74) is 0.284. The number of guanidine groups is 1. The molecule has 2 N–H and O–H groups in total. The number of rotatable bonds is 5. The van der Waals surface area contributed by atoms with E-state index >= 15 is 0 Å². The molecule has 1 aliphatic rings. The highest BCUT2D eigenvalue weighted by molar-refractivity contribution is 14.0. The lowest BCUT2D eigenvalue weighted by atomic mass is 10.1. The molecule has 0 saturated heterocycles. The Balaban J connectivity index is 0.00000300. The summed E-state index contributed by atoms with van der Waals surface area (Å²) in [5.74, 6) is 0.287. The van der Waals surface area contributed by atoms with Gasteiger partial charge in [-0.1, -0.05) is 0 Å². The lowest BCUT2D eigenvalue weighted by Gasteiger charge is -2.26. The number of nitrogens with one attached hydrogen (secondary N) is 2. The Bertz CT molecular complexity index is 852. The predicted molar refractivity (Wildman–Crippen MR) is 119 cm³/mol. The number of hydrogen-bond acceptors (Lipinski definition) is 5. The van der Waals surface area contributed by atoms with Gasteiger partial charge in [-0.3, -0.25) is 4.79 Å². The minimum Gasteiger partial charge on any atom is -0.357 e. The molecule has 0 unspecified atom stereocenters. The summed E-state index contributed by atoms with van der Waals surface area (Å²) in [6.07, 6.45) is -3.59. The van der Waals surface area contributed by atoms with Crippen LogP contribution in [0.25, 0.3) is 0 Å². The zero-order valence-electron chi connectivity index (χ0n) is 15.6. The average Bonchev–Trinajstić information content (AvgIpc) is 3.31. The number of hydrogen-bond donors (Lipinski definition) is 2. The average molecular weight is 559 g/mol. The van der Waals surface area contributed by atoms with Crippen molar-refractivity contribution in [3.63, 3.8) is 0 Å². The van der Waals surface area contributed by atoms with Gasteiger partial charge in [-0.05, 0) is 30.4 Å². The van der Waals surface area contributed by atoms with Gasteiger partial charge in [0.25, 0.3) is 0 Å². The third-order valence-electron chi connectivity index (χ3n) is 4.13. The molecule has 0 atom stereocenters. The van der Waals surface area contributed by atoms with Gasteiger partial charge in [0.1, 0.15) is 11.6 Å². The quantitative estimate of drug-likeness (QED) is 0.335. The first kappa shape index (κ1) is 23.9. The van der Waals surface area contributed by atoms with Gasteiger partial charge in [0, 0.05) is 29.9 Å². The summed E-state index contributed by atoms with van der Waals surface area (Å²) in [6, 6.07) is 2.04. The lowest BCUT2D eigenvalue weighted by Crippen LogP contribution is -2.40. The van der Waals surface area contributed by atoms with Crippen molar-refractivity contribution >= 4 is 58.5 Å². The number of carbonyl (C=O) groups excluding carboxylic acids is 1. The Hall–Kier alpha value is -1.41. The van der Waals surface area contributed by atoms with Crippen molar-refractivity contribution in [3.05, 3.63) is 38.0 Å². The van der Waals surface area contributed by atoms with E-state index in [1.807, 2.05) is 18.4 Å². The van der Waals surface area contributed by atoms with E-state index in [-0.39, 0.29) is 43.0 Å². The van der Waals surface area contributed by atoms with Gasteiger partial charge in [0.15, 0.2) is 11.7 Å². The molecule has 3 rings (SSSR count). The maximum Gasteiger partial charge on any atom is 0.434 e. The van der Waals surface area contributed by atoms with Crippen LogP contribution in [0.4, 0.5) is 13.2 Å². The molecule has 0 saturated carbocycles. The van der Waals surface area contributed by atoms with Gasteiger partial charge >= 0.3 is 6.18 Å². The van der Waals surface area contributed by atoms with Crippen LogP contribution in [0.3, 0.4) is 0 Å². The van der Waals surface area contributed by atoms with Gasteiger partial charge < -0.3 is 15.5 Å². The Morgan fingerprint density at radius 2 is 2.14 bits per heavy atom. The minimum atomic E-state index is -4.45. The molecule has 12 heteroatoms. The number of amides is 1. The Morgan fingerprint density at radius 1 is 1.34 bits per heavy atom. The number of nitrogens with zero attached hydrogens (tertiary/aromatic N) is 3. The van der Waals surface area contributed by atoms with Gasteiger partial charge in [0.2, 0.25) is 5.91 Å². The summed E-state index contributed by atoms with van der Waals surface area (Å²) >= 11 is 2.64. The topological polar surface area (TPSA) is 69.6 Å². The van der Waals surface area contributed by atoms with Crippen molar-refractivity contribution in [2.24, 2.45) is 4.99 Å². The molecule has 160 valence electrons. The van der Waals surface area contributed by atoms with Crippen molar-refractivity contribution in [1.29, 1.82) is 0 Å². The zero-order valence-corrected chi connectivity index (χ0v) is 19.5. The van der Waals surface area contributed by atoms with Crippen molar-refractivity contribution in [1.82, 2.24) is 20.5 Å². The van der Waals surface area contributed by atoms with Gasteiger partial charge in [-0.2, -0.15) is 13.2 Å². The molecule has 3 heterocycles. The maximum absolute atomic E-state index is 12.6. The summed E-state index contributed by atoms with van der Waals surface area (Å²) in [6.45, 7) is 3.77. The van der Waals surface area contributed by atoms with Crippen molar-refractivity contribution < 1.29 is 18.0 Å².